The van der Waals surface area contributed by atoms with Crippen molar-refractivity contribution >= 4 is 5.96 Å². The lowest BCUT2D eigenvalue weighted by molar-refractivity contribution is 0.274. The standard InChI is InChI=1S/C19H37N7/c1-6-20-19(22-15-18-16(2)23-25(5)17(18)3)21-9-7-11-26-12-8-10-24(4)13-14-26/h6-15H2,1-5H3,(H2,20,21,22). The van der Waals surface area contributed by atoms with Gasteiger partial charge in [0.2, 0.25) is 0 Å². The van der Waals surface area contributed by atoms with E-state index >= 15 is 0 Å². The van der Waals surface area contributed by atoms with Crippen molar-refractivity contribution in [3.05, 3.63) is 17.0 Å². The van der Waals surface area contributed by atoms with Crippen molar-refractivity contribution in [2.24, 2.45) is 12.0 Å². The van der Waals surface area contributed by atoms with Crippen LogP contribution in [0, 0.1) is 13.8 Å². The van der Waals surface area contributed by atoms with Crippen molar-refractivity contribution in [2.75, 3.05) is 52.9 Å². The Balaban J connectivity index is 1.78. The first kappa shape index (κ1) is 20.7. The molecule has 2 rings (SSSR count). The van der Waals surface area contributed by atoms with E-state index < -0.39 is 0 Å². The summed E-state index contributed by atoms with van der Waals surface area (Å²) in [5.41, 5.74) is 3.47. The fourth-order valence-corrected chi connectivity index (χ4v) is 3.38. The predicted molar refractivity (Wildman–Crippen MR) is 109 cm³/mol. The Labute approximate surface area is 158 Å². The second kappa shape index (κ2) is 10.5. The van der Waals surface area contributed by atoms with E-state index in [1.807, 2.05) is 11.7 Å². The van der Waals surface area contributed by atoms with Gasteiger partial charge in [0, 0.05) is 44.5 Å². The molecular formula is C19H37N7. The molecule has 26 heavy (non-hydrogen) atoms. The van der Waals surface area contributed by atoms with Crippen LogP contribution < -0.4 is 10.6 Å². The van der Waals surface area contributed by atoms with Gasteiger partial charge < -0.3 is 20.4 Å². The highest BCUT2D eigenvalue weighted by molar-refractivity contribution is 5.79. The van der Waals surface area contributed by atoms with Gasteiger partial charge in [-0.15, -0.1) is 0 Å². The van der Waals surface area contributed by atoms with E-state index in [2.05, 4.69) is 53.4 Å². The molecule has 1 fully saturated rings. The molecule has 1 aliphatic rings. The Morgan fingerprint density at radius 3 is 2.62 bits per heavy atom. The van der Waals surface area contributed by atoms with E-state index in [0.29, 0.717) is 6.54 Å². The zero-order valence-corrected chi connectivity index (χ0v) is 17.3. The summed E-state index contributed by atoms with van der Waals surface area (Å²) in [6, 6.07) is 0. The van der Waals surface area contributed by atoms with E-state index in [1.54, 1.807) is 0 Å². The lowest BCUT2D eigenvalue weighted by atomic mass is 10.2. The van der Waals surface area contributed by atoms with Gasteiger partial charge in [-0.3, -0.25) is 4.68 Å². The molecule has 0 amide bonds. The van der Waals surface area contributed by atoms with Crippen LogP contribution in [0.4, 0.5) is 0 Å². The molecule has 0 spiro atoms. The molecule has 148 valence electrons. The van der Waals surface area contributed by atoms with Gasteiger partial charge in [-0.25, -0.2) is 4.99 Å². The van der Waals surface area contributed by atoms with Crippen molar-refractivity contribution in [3.8, 4) is 0 Å². The Kier molecular flexibility index (Phi) is 8.38. The summed E-state index contributed by atoms with van der Waals surface area (Å²) in [4.78, 5) is 9.76. The van der Waals surface area contributed by atoms with E-state index in [9.17, 15) is 0 Å². The first-order valence-corrected chi connectivity index (χ1v) is 9.93. The third kappa shape index (κ3) is 6.29. The normalized spacial score (nSPS) is 17.3. The number of hydrogen-bond acceptors (Lipinski definition) is 4. The van der Waals surface area contributed by atoms with Crippen LogP contribution in [0.25, 0.3) is 0 Å². The molecule has 0 aliphatic carbocycles. The lowest BCUT2D eigenvalue weighted by Crippen LogP contribution is -2.39. The number of nitrogens with zero attached hydrogens (tertiary/aromatic N) is 5. The van der Waals surface area contributed by atoms with Gasteiger partial charge in [0.05, 0.1) is 12.2 Å². The Morgan fingerprint density at radius 2 is 1.92 bits per heavy atom. The van der Waals surface area contributed by atoms with Crippen LogP contribution in [0.3, 0.4) is 0 Å². The lowest BCUT2D eigenvalue weighted by Gasteiger charge is -2.20. The van der Waals surface area contributed by atoms with Gasteiger partial charge in [0.15, 0.2) is 5.96 Å². The molecule has 0 saturated carbocycles. The molecule has 0 bridgehead atoms. The summed E-state index contributed by atoms with van der Waals surface area (Å²) in [7, 11) is 4.20. The highest BCUT2D eigenvalue weighted by Crippen LogP contribution is 2.12. The predicted octanol–water partition coefficient (Wildman–Crippen LogP) is 1.12. The Hall–Kier alpha value is -1.60. The maximum Gasteiger partial charge on any atom is 0.191 e. The van der Waals surface area contributed by atoms with Crippen LogP contribution in [0.15, 0.2) is 4.99 Å². The quantitative estimate of drug-likeness (QED) is 0.432. The van der Waals surface area contributed by atoms with E-state index in [-0.39, 0.29) is 0 Å². The van der Waals surface area contributed by atoms with Gasteiger partial charge >= 0.3 is 0 Å². The molecule has 7 heteroatoms. The maximum absolute atomic E-state index is 4.75. The summed E-state index contributed by atoms with van der Waals surface area (Å²) in [6.45, 7) is 14.7. The number of hydrogen-bond donors (Lipinski definition) is 2. The monoisotopic (exact) mass is 363 g/mol. The molecular weight excluding hydrogens is 326 g/mol. The van der Waals surface area contributed by atoms with E-state index in [0.717, 1.165) is 37.7 Å². The van der Waals surface area contributed by atoms with Gasteiger partial charge in [0.25, 0.3) is 0 Å². The third-order valence-electron chi connectivity index (χ3n) is 5.15. The zero-order chi connectivity index (χ0) is 18.9. The minimum Gasteiger partial charge on any atom is -0.357 e. The van der Waals surface area contributed by atoms with Crippen LogP contribution in [0.1, 0.15) is 36.7 Å². The minimum atomic E-state index is 0.666. The summed E-state index contributed by atoms with van der Waals surface area (Å²) in [6.07, 6.45) is 2.41. The average molecular weight is 364 g/mol. The molecule has 1 aromatic heterocycles. The molecule has 2 N–H and O–H groups in total. The number of nitrogens with one attached hydrogen (secondary N) is 2. The zero-order valence-electron chi connectivity index (χ0n) is 17.3. The molecule has 2 heterocycles. The number of aryl methyl sites for hydroxylation is 2. The highest BCUT2D eigenvalue weighted by Gasteiger charge is 2.12. The smallest absolute Gasteiger partial charge is 0.191 e. The Morgan fingerprint density at radius 1 is 1.12 bits per heavy atom. The molecule has 0 aromatic carbocycles. The molecule has 7 nitrogen and oxygen atoms in total. The van der Waals surface area contributed by atoms with E-state index in [1.165, 1.54) is 43.9 Å². The van der Waals surface area contributed by atoms with Gasteiger partial charge in [-0.1, -0.05) is 0 Å². The van der Waals surface area contributed by atoms with Crippen LogP contribution in [0.5, 0.6) is 0 Å². The fourth-order valence-electron chi connectivity index (χ4n) is 3.38. The van der Waals surface area contributed by atoms with Crippen molar-refractivity contribution in [2.45, 2.75) is 40.2 Å². The van der Waals surface area contributed by atoms with Crippen LogP contribution in [0.2, 0.25) is 0 Å². The van der Waals surface area contributed by atoms with Gasteiger partial charge in [-0.05, 0) is 60.3 Å². The summed E-state index contributed by atoms with van der Waals surface area (Å²) < 4.78 is 1.93. The number of aromatic nitrogens is 2. The summed E-state index contributed by atoms with van der Waals surface area (Å²) >= 11 is 0. The molecule has 0 radical (unpaired) electrons. The maximum atomic E-state index is 4.75. The van der Waals surface area contributed by atoms with Gasteiger partial charge in [0.1, 0.15) is 0 Å². The molecule has 0 atom stereocenters. The van der Waals surface area contributed by atoms with Crippen LogP contribution >= 0.6 is 0 Å². The number of likely N-dealkylation sites (N-methyl/N-ethyl adjacent to an activating group) is 1. The van der Waals surface area contributed by atoms with Gasteiger partial charge in [-0.2, -0.15) is 5.10 Å². The molecule has 1 saturated heterocycles. The summed E-state index contributed by atoms with van der Waals surface area (Å²) in [5.74, 6) is 0.894. The molecule has 0 unspecified atom stereocenters. The SMILES string of the molecule is CCNC(=NCc1c(C)nn(C)c1C)NCCCN1CCCN(C)CC1. The van der Waals surface area contributed by atoms with Crippen molar-refractivity contribution in [3.63, 3.8) is 0 Å². The average Bonchev–Trinajstić information content (AvgIpc) is 2.76. The molecule has 1 aromatic rings. The van der Waals surface area contributed by atoms with Crippen molar-refractivity contribution in [1.29, 1.82) is 0 Å². The molecule has 1 aliphatic heterocycles. The van der Waals surface area contributed by atoms with Crippen LogP contribution in [-0.4, -0.2) is 78.4 Å². The number of aliphatic imine (C=N–C) groups is 1. The topological polar surface area (TPSA) is 60.7 Å². The van der Waals surface area contributed by atoms with Crippen molar-refractivity contribution < 1.29 is 0 Å². The first-order valence-electron chi connectivity index (χ1n) is 9.93. The summed E-state index contributed by atoms with van der Waals surface area (Å²) in [5, 5.41) is 11.3. The third-order valence-corrected chi connectivity index (χ3v) is 5.15. The van der Waals surface area contributed by atoms with E-state index in [4.69, 9.17) is 4.99 Å². The fraction of sp³-hybridized carbons (Fsp3) is 0.789. The number of guanidine groups is 1. The second-order valence-corrected chi connectivity index (χ2v) is 7.25. The first-order chi connectivity index (χ1) is 12.5. The second-order valence-electron chi connectivity index (χ2n) is 7.25. The largest absolute Gasteiger partial charge is 0.357 e. The Bertz CT molecular complexity index is 579. The van der Waals surface area contributed by atoms with Crippen molar-refractivity contribution in [1.82, 2.24) is 30.2 Å². The highest BCUT2D eigenvalue weighted by atomic mass is 15.3. The minimum absolute atomic E-state index is 0.666. The van der Waals surface area contributed by atoms with Crippen LogP contribution in [-0.2, 0) is 13.6 Å². The number of rotatable bonds is 7.